The van der Waals surface area contributed by atoms with Crippen molar-refractivity contribution in [2.75, 3.05) is 0 Å². The Balaban J connectivity index is 1.24. The lowest BCUT2D eigenvalue weighted by Gasteiger charge is -2.16. The lowest BCUT2D eigenvalue weighted by atomic mass is 9.91. The third kappa shape index (κ3) is 4.25. The minimum Gasteiger partial charge on any atom is -0.456 e. The maximum Gasteiger partial charge on any atom is 0.143 e. The topological polar surface area (TPSA) is 31.2 Å². The number of hydrogen-bond donors (Lipinski definition) is 0. The van der Waals surface area contributed by atoms with Crippen molar-refractivity contribution in [3.05, 3.63) is 176 Å². The van der Waals surface area contributed by atoms with Crippen LogP contribution in [-0.2, 0) is 0 Å². The van der Waals surface area contributed by atoms with E-state index >= 15 is 0 Å². The van der Waals surface area contributed by atoms with Gasteiger partial charge in [-0.15, -0.1) is 0 Å². The molecule has 0 bridgehead atoms. The summed E-state index contributed by atoms with van der Waals surface area (Å²) in [4.78, 5) is 0. The smallest absolute Gasteiger partial charge is 0.143 e. The molecule has 11 aromatic rings. The van der Waals surface area contributed by atoms with Crippen LogP contribution in [-0.4, -0.2) is 4.57 Å². The second-order valence-corrected chi connectivity index (χ2v) is 13.3. The molecule has 8 aromatic carbocycles. The van der Waals surface area contributed by atoms with Gasteiger partial charge in [-0.05, 0) is 70.3 Å². The molecular weight excluding hydrogens is 623 g/mol. The van der Waals surface area contributed by atoms with Gasteiger partial charge >= 0.3 is 0 Å². The molecule has 0 atom stereocenters. The number of para-hydroxylation sites is 4. The van der Waals surface area contributed by atoms with E-state index in [-0.39, 0.29) is 0 Å². The van der Waals surface area contributed by atoms with Crippen molar-refractivity contribution in [1.29, 1.82) is 0 Å². The van der Waals surface area contributed by atoms with E-state index in [1.807, 2.05) is 24.3 Å². The van der Waals surface area contributed by atoms with Crippen LogP contribution in [0.4, 0.5) is 0 Å². The van der Waals surface area contributed by atoms with Gasteiger partial charge in [0, 0.05) is 49.6 Å². The second kappa shape index (κ2) is 10.8. The molecule has 3 heteroatoms. The summed E-state index contributed by atoms with van der Waals surface area (Å²) in [6.45, 7) is 0. The van der Waals surface area contributed by atoms with Crippen LogP contribution in [0.15, 0.2) is 185 Å². The largest absolute Gasteiger partial charge is 0.456 e. The van der Waals surface area contributed by atoms with Gasteiger partial charge in [0.25, 0.3) is 0 Å². The quantitative estimate of drug-likeness (QED) is 0.190. The molecule has 0 aliphatic carbocycles. The first-order chi connectivity index (χ1) is 25.3. The summed E-state index contributed by atoms with van der Waals surface area (Å²) in [6, 6.07) is 62.6. The number of benzene rings is 8. The molecule has 0 amide bonds. The molecule has 238 valence electrons. The first kappa shape index (κ1) is 28.0. The molecule has 0 aliphatic rings. The Labute approximate surface area is 293 Å². The summed E-state index contributed by atoms with van der Waals surface area (Å²) in [6.07, 6.45) is 0. The van der Waals surface area contributed by atoms with Crippen molar-refractivity contribution >= 4 is 65.7 Å². The fourth-order valence-electron chi connectivity index (χ4n) is 8.10. The summed E-state index contributed by atoms with van der Waals surface area (Å²) in [5.74, 6) is 0. The van der Waals surface area contributed by atoms with E-state index < -0.39 is 0 Å². The number of hydrogen-bond acceptors (Lipinski definition) is 2. The van der Waals surface area contributed by atoms with Crippen molar-refractivity contribution in [2.45, 2.75) is 0 Å². The van der Waals surface area contributed by atoms with Gasteiger partial charge < -0.3 is 13.4 Å². The second-order valence-electron chi connectivity index (χ2n) is 13.3. The molecule has 3 aromatic heterocycles. The minimum atomic E-state index is 0.880. The van der Waals surface area contributed by atoms with Gasteiger partial charge in [-0.3, -0.25) is 0 Å². The normalized spacial score (nSPS) is 11.9. The van der Waals surface area contributed by atoms with E-state index in [0.29, 0.717) is 0 Å². The number of fused-ring (bicyclic) bond motifs is 9. The number of rotatable bonds is 4. The Morgan fingerprint density at radius 1 is 0.314 bits per heavy atom. The summed E-state index contributed by atoms with van der Waals surface area (Å²) in [7, 11) is 0. The van der Waals surface area contributed by atoms with Crippen molar-refractivity contribution in [2.24, 2.45) is 0 Å². The maximum absolute atomic E-state index is 6.61. The van der Waals surface area contributed by atoms with Gasteiger partial charge in [0.2, 0.25) is 0 Å². The van der Waals surface area contributed by atoms with E-state index in [9.17, 15) is 0 Å². The van der Waals surface area contributed by atoms with Gasteiger partial charge in [-0.1, -0.05) is 127 Å². The van der Waals surface area contributed by atoms with Crippen LogP contribution >= 0.6 is 0 Å². The summed E-state index contributed by atoms with van der Waals surface area (Å²) in [5, 5.41) is 6.90. The van der Waals surface area contributed by atoms with E-state index in [1.54, 1.807) is 0 Å². The van der Waals surface area contributed by atoms with Crippen LogP contribution in [0.1, 0.15) is 0 Å². The van der Waals surface area contributed by atoms with Crippen molar-refractivity contribution in [3.8, 4) is 39.1 Å². The van der Waals surface area contributed by atoms with Crippen LogP contribution < -0.4 is 0 Å². The van der Waals surface area contributed by atoms with E-state index in [2.05, 4.69) is 156 Å². The SMILES string of the molecule is c1ccc(-c2ccccc2-c2cc(-c3cccc4c3oc3ccccc34)cc(-n3c4ccccc4c4cc5c(cc43)oc3ccccc35)c2)cc1. The van der Waals surface area contributed by atoms with E-state index in [0.717, 1.165) is 77.3 Å². The van der Waals surface area contributed by atoms with Crippen LogP contribution in [0.5, 0.6) is 0 Å². The lowest BCUT2D eigenvalue weighted by molar-refractivity contribution is 0.669. The molecule has 0 aliphatic heterocycles. The molecule has 0 saturated carbocycles. The standard InChI is InChI=1S/C48H29NO2/c1-2-13-30(14-3-1)34-15-4-5-16-35(34)31-25-32(36-20-12-21-40-38-18-7-11-24-46(38)51-48(36)40)27-33(26-31)49-43-22-9-6-17-37(43)41-28-42-39-19-8-10-23-45(39)50-47(42)29-44(41)49/h1-29H. The lowest BCUT2D eigenvalue weighted by Crippen LogP contribution is -1.96. The Morgan fingerprint density at radius 3 is 1.71 bits per heavy atom. The highest BCUT2D eigenvalue weighted by molar-refractivity contribution is 6.17. The predicted octanol–water partition coefficient (Wildman–Crippen LogP) is 13.6. The zero-order valence-electron chi connectivity index (χ0n) is 27.5. The highest BCUT2D eigenvalue weighted by Crippen LogP contribution is 2.43. The van der Waals surface area contributed by atoms with Crippen LogP contribution in [0.3, 0.4) is 0 Å². The van der Waals surface area contributed by atoms with Gasteiger partial charge in [0.05, 0.1) is 11.0 Å². The Morgan fingerprint density at radius 2 is 0.902 bits per heavy atom. The number of aromatic nitrogens is 1. The molecule has 11 rings (SSSR count). The van der Waals surface area contributed by atoms with Gasteiger partial charge in [-0.25, -0.2) is 0 Å². The molecular formula is C48H29NO2. The highest BCUT2D eigenvalue weighted by Gasteiger charge is 2.20. The van der Waals surface area contributed by atoms with Gasteiger partial charge in [-0.2, -0.15) is 0 Å². The van der Waals surface area contributed by atoms with Crippen molar-refractivity contribution in [1.82, 2.24) is 4.57 Å². The average Bonchev–Trinajstić information content (AvgIpc) is 3.86. The van der Waals surface area contributed by atoms with Crippen LogP contribution in [0, 0.1) is 0 Å². The van der Waals surface area contributed by atoms with Crippen LogP contribution in [0.2, 0.25) is 0 Å². The molecule has 0 spiro atoms. The molecule has 0 fully saturated rings. The Kier molecular flexibility index (Phi) is 5.96. The Bertz CT molecular complexity index is 3140. The first-order valence-corrected chi connectivity index (χ1v) is 17.3. The first-order valence-electron chi connectivity index (χ1n) is 17.3. The van der Waals surface area contributed by atoms with Crippen LogP contribution in [0.25, 0.3) is 105 Å². The summed E-state index contributed by atoms with van der Waals surface area (Å²) < 4.78 is 15.5. The third-order valence-electron chi connectivity index (χ3n) is 10.4. The molecule has 0 N–H and O–H groups in total. The third-order valence-corrected chi connectivity index (χ3v) is 10.4. The zero-order valence-corrected chi connectivity index (χ0v) is 27.5. The summed E-state index contributed by atoms with van der Waals surface area (Å²) >= 11 is 0. The molecule has 0 saturated heterocycles. The zero-order chi connectivity index (χ0) is 33.5. The fraction of sp³-hybridized carbons (Fsp3) is 0. The predicted molar refractivity (Wildman–Crippen MR) is 212 cm³/mol. The van der Waals surface area contributed by atoms with E-state index in [1.165, 1.54) is 27.5 Å². The molecule has 3 heterocycles. The molecule has 51 heavy (non-hydrogen) atoms. The molecule has 3 nitrogen and oxygen atoms in total. The fourth-order valence-corrected chi connectivity index (χ4v) is 8.10. The van der Waals surface area contributed by atoms with Gasteiger partial charge in [0.15, 0.2) is 0 Å². The number of furan rings is 2. The molecule has 0 radical (unpaired) electrons. The molecule has 0 unspecified atom stereocenters. The monoisotopic (exact) mass is 651 g/mol. The maximum atomic E-state index is 6.61. The average molecular weight is 652 g/mol. The number of nitrogens with zero attached hydrogens (tertiary/aromatic N) is 1. The minimum absolute atomic E-state index is 0.880. The van der Waals surface area contributed by atoms with Crippen molar-refractivity contribution < 1.29 is 8.83 Å². The summed E-state index contributed by atoms with van der Waals surface area (Å²) in [5.41, 5.74) is 13.7. The van der Waals surface area contributed by atoms with E-state index in [4.69, 9.17) is 8.83 Å². The van der Waals surface area contributed by atoms with Crippen molar-refractivity contribution in [3.63, 3.8) is 0 Å². The Hall–Kier alpha value is -6.84. The van der Waals surface area contributed by atoms with Gasteiger partial charge in [0.1, 0.15) is 22.3 Å². The highest BCUT2D eigenvalue weighted by atomic mass is 16.3.